The van der Waals surface area contributed by atoms with E-state index < -0.39 is 0 Å². The molecule has 0 fully saturated rings. The summed E-state index contributed by atoms with van der Waals surface area (Å²) in [5.41, 5.74) is 7.95. The normalized spacial score (nSPS) is 9.95. The van der Waals surface area contributed by atoms with Crippen LogP contribution in [0.4, 0.5) is 5.95 Å². The van der Waals surface area contributed by atoms with Crippen molar-refractivity contribution in [2.75, 3.05) is 12.8 Å². The quantitative estimate of drug-likeness (QED) is 0.397. The van der Waals surface area contributed by atoms with Crippen LogP contribution in [0.1, 0.15) is 0 Å². The number of ether oxygens (including phenoxy) is 1. The standard InChI is InChI=1S/C13H15N3O2.BrH/c1-3-8-15-10-6-4-5-7-11(10)16(13(15)14)9-12(17)18-2;/h3-7,14H,1,8-9H2,2H3;1H. The summed E-state index contributed by atoms with van der Waals surface area (Å²) < 4.78 is 8.33. The third-order valence-corrected chi connectivity index (χ3v) is 2.84. The molecule has 0 amide bonds. The molecule has 1 heterocycles. The minimum atomic E-state index is -0.326. The zero-order chi connectivity index (χ0) is 13.1. The van der Waals surface area contributed by atoms with Gasteiger partial charge in [0, 0.05) is 0 Å². The Morgan fingerprint density at radius 1 is 1.53 bits per heavy atom. The fourth-order valence-corrected chi connectivity index (χ4v) is 1.99. The van der Waals surface area contributed by atoms with Gasteiger partial charge in [-0.2, -0.15) is 0 Å². The number of nitrogen functional groups attached to an aromatic ring is 1. The number of allylic oxidation sites excluding steroid dienone is 1. The number of nitrogens with zero attached hydrogens (tertiary/aromatic N) is 2. The second-order valence-corrected chi connectivity index (χ2v) is 3.91. The van der Waals surface area contributed by atoms with Crippen molar-refractivity contribution in [3.63, 3.8) is 0 Å². The first-order valence-electron chi connectivity index (χ1n) is 5.63. The monoisotopic (exact) mass is 325 g/mol. The van der Waals surface area contributed by atoms with Gasteiger partial charge < -0.3 is 21.7 Å². The summed E-state index contributed by atoms with van der Waals surface area (Å²) in [6, 6.07) is 7.73. The predicted molar refractivity (Wildman–Crippen MR) is 68.8 cm³/mol. The first kappa shape index (κ1) is 15.2. The summed E-state index contributed by atoms with van der Waals surface area (Å²) in [5, 5.41) is 0. The van der Waals surface area contributed by atoms with Crippen LogP contribution in [-0.4, -0.2) is 17.6 Å². The summed E-state index contributed by atoms with van der Waals surface area (Å²) >= 11 is 0. The SMILES string of the molecule is C=CCn1c(N)[n+](CC(=O)OC)c2ccccc21.[Br-]. The van der Waals surface area contributed by atoms with Crippen molar-refractivity contribution in [2.45, 2.75) is 13.1 Å². The highest BCUT2D eigenvalue weighted by atomic mass is 79.9. The highest BCUT2D eigenvalue weighted by molar-refractivity contribution is 5.75. The maximum atomic E-state index is 11.4. The second-order valence-electron chi connectivity index (χ2n) is 3.91. The summed E-state index contributed by atoms with van der Waals surface area (Å²) in [5.74, 6) is 0.190. The van der Waals surface area contributed by atoms with Gasteiger partial charge in [-0.05, 0) is 12.1 Å². The van der Waals surface area contributed by atoms with E-state index >= 15 is 0 Å². The van der Waals surface area contributed by atoms with Crippen LogP contribution in [0, 0.1) is 0 Å². The van der Waals surface area contributed by atoms with E-state index in [-0.39, 0.29) is 29.5 Å². The number of carbonyl (C=O) groups is 1. The predicted octanol–water partition coefficient (Wildman–Crippen LogP) is -2.13. The molecular weight excluding hydrogens is 310 g/mol. The van der Waals surface area contributed by atoms with Gasteiger partial charge in [-0.25, -0.2) is 13.9 Å². The number of halogens is 1. The number of fused-ring (bicyclic) bond motifs is 1. The van der Waals surface area contributed by atoms with E-state index in [1.165, 1.54) is 7.11 Å². The lowest BCUT2D eigenvalue weighted by Crippen LogP contribution is -3.00. The number of carbonyl (C=O) groups excluding carboxylic acids is 1. The molecule has 6 heteroatoms. The molecule has 0 aliphatic carbocycles. The molecule has 102 valence electrons. The number of hydrogen-bond acceptors (Lipinski definition) is 3. The van der Waals surface area contributed by atoms with Gasteiger partial charge in [0.1, 0.15) is 11.0 Å². The molecule has 0 atom stereocenters. The van der Waals surface area contributed by atoms with Crippen LogP contribution in [0.15, 0.2) is 36.9 Å². The van der Waals surface area contributed by atoms with Gasteiger partial charge in [0.05, 0.1) is 13.7 Å². The van der Waals surface area contributed by atoms with E-state index in [0.717, 1.165) is 11.0 Å². The molecule has 2 N–H and O–H groups in total. The van der Waals surface area contributed by atoms with Crippen LogP contribution in [0.2, 0.25) is 0 Å². The zero-order valence-electron chi connectivity index (χ0n) is 10.7. The van der Waals surface area contributed by atoms with E-state index in [2.05, 4.69) is 11.3 Å². The molecule has 2 rings (SSSR count). The minimum Gasteiger partial charge on any atom is -1.00 e. The van der Waals surface area contributed by atoms with Crippen molar-refractivity contribution >= 4 is 23.0 Å². The van der Waals surface area contributed by atoms with Crippen molar-refractivity contribution in [3.8, 4) is 0 Å². The third-order valence-electron chi connectivity index (χ3n) is 2.84. The number of benzene rings is 1. The molecule has 1 aromatic heterocycles. The van der Waals surface area contributed by atoms with Crippen LogP contribution >= 0.6 is 0 Å². The van der Waals surface area contributed by atoms with Gasteiger partial charge in [-0.3, -0.25) is 5.73 Å². The lowest BCUT2D eigenvalue weighted by Gasteiger charge is -1.99. The molecule has 0 saturated heterocycles. The largest absolute Gasteiger partial charge is 1.00 e. The zero-order valence-corrected chi connectivity index (χ0v) is 12.3. The molecule has 0 spiro atoms. The molecule has 0 aliphatic rings. The van der Waals surface area contributed by atoms with Crippen LogP contribution in [0.25, 0.3) is 11.0 Å². The number of hydrogen-bond donors (Lipinski definition) is 1. The first-order chi connectivity index (χ1) is 8.69. The molecule has 0 aliphatic heterocycles. The van der Waals surface area contributed by atoms with E-state index in [0.29, 0.717) is 12.5 Å². The van der Waals surface area contributed by atoms with Gasteiger partial charge in [-0.15, -0.1) is 0 Å². The Kier molecular flexibility index (Phi) is 5.11. The Hall–Kier alpha value is -1.82. The van der Waals surface area contributed by atoms with E-state index in [1.807, 2.05) is 28.8 Å². The molecule has 5 nitrogen and oxygen atoms in total. The van der Waals surface area contributed by atoms with Gasteiger partial charge in [0.25, 0.3) is 0 Å². The summed E-state index contributed by atoms with van der Waals surface area (Å²) in [7, 11) is 1.36. The Morgan fingerprint density at radius 2 is 2.21 bits per heavy atom. The molecule has 0 radical (unpaired) electrons. The van der Waals surface area contributed by atoms with Crippen molar-refractivity contribution in [1.29, 1.82) is 0 Å². The minimum absolute atomic E-state index is 0. The average Bonchev–Trinajstić information content (AvgIpc) is 2.65. The van der Waals surface area contributed by atoms with Crippen LogP contribution in [-0.2, 0) is 22.6 Å². The van der Waals surface area contributed by atoms with Crippen LogP contribution in [0.5, 0.6) is 0 Å². The Morgan fingerprint density at radius 3 is 2.84 bits per heavy atom. The number of para-hydroxylation sites is 2. The Labute approximate surface area is 122 Å². The summed E-state index contributed by atoms with van der Waals surface area (Å²) in [6.07, 6.45) is 1.77. The number of methoxy groups -OCH3 is 1. The highest BCUT2D eigenvalue weighted by Crippen LogP contribution is 2.15. The van der Waals surface area contributed by atoms with E-state index in [4.69, 9.17) is 5.73 Å². The van der Waals surface area contributed by atoms with Crippen molar-refractivity contribution in [3.05, 3.63) is 36.9 Å². The molecule has 1 aromatic carbocycles. The van der Waals surface area contributed by atoms with Gasteiger partial charge in [0.15, 0.2) is 6.54 Å². The maximum Gasteiger partial charge on any atom is 0.356 e. The Balaban J connectivity index is 0.00000180. The van der Waals surface area contributed by atoms with Crippen molar-refractivity contribution in [1.82, 2.24) is 4.57 Å². The van der Waals surface area contributed by atoms with Gasteiger partial charge >= 0.3 is 11.9 Å². The smallest absolute Gasteiger partial charge is 0.356 e. The number of aromatic nitrogens is 2. The van der Waals surface area contributed by atoms with Crippen molar-refractivity contribution in [2.24, 2.45) is 0 Å². The fourth-order valence-electron chi connectivity index (χ4n) is 1.99. The molecule has 19 heavy (non-hydrogen) atoms. The number of imidazole rings is 1. The molecular formula is C13H16BrN3O2. The lowest BCUT2D eigenvalue weighted by atomic mass is 10.3. The highest BCUT2D eigenvalue weighted by Gasteiger charge is 2.21. The number of anilines is 1. The second kappa shape index (κ2) is 6.38. The molecule has 0 unspecified atom stereocenters. The van der Waals surface area contributed by atoms with Crippen molar-refractivity contribution < 1.29 is 31.1 Å². The molecule has 0 bridgehead atoms. The molecule has 2 aromatic rings. The van der Waals surface area contributed by atoms with Crippen LogP contribution < -0.4 is 27.3 Å². The first-order valence-corrected chi connectivity index (χ1v) is 5.63. The fraction of sp³-hybridized carbons (Fsp3) is 0.231. The van der Waals surface area contributed by atoms with E-state index in [1.54, 1.807) is 10.6 Å². The van der Waals surface area contributed by atoms with Gasteiger partial charge in [0.2, 0.25) is 0 Å². The summed E-state index contributed by atoms with van der Waals surface area (Å²) in [4.78, 5) is 11.4. The summed E-state index contributed by atoms with van der Waals surface area (Å²) in [6.45, 7) is 4.41. The van der Waals surface area contributed by atoms with Crippen LogP contribution in [0.3, 0.4) is 0 Å². The van der Waals surface area contributed by atoms with Gasteiger partial charge in [-0.1, -0.05) is 24.8 Å². The average molecular weight is 326 g/mol. The Bertz CT molecular complexity index is 607. The topological polar surface area (TPSA) is 61.1 Å². The third kappa shape index (κ3) is 2.78. The lowest BCUT2D eigenvalue weighted by molar-refractivity contribution is -0.645. The number of esters is 1. The molecule has 0 saturated carbocycles. The maximum absolute atomic E-state index is 11.4. The number of rotatable bonds is 4. The van der Waals surface area contributed by atoms with E-state index in [9.17, 15) is 4.79 Å². The number of nitrogens with two attached hydrogens (primary N) is 1.